The standard InChI is InChI=1S/C21H21BrClN3O/c1-25-9-11-26(12-10-25)20(14-4-6-15(22)7-5-14)17-13-18(23)16-3-2-8-24-19(16)21(17)27/h2-8,13,20,27H,9-12H2,1H3/t20-/m1/s1. The Balaban J connectivity index is 1.87. The smallest absolute Gasteiger partial charge is 0.147 e. The van der Waals surface area contributed by atoms with Crippen LogP contribution in [0.3, 0.4) is 0 Å². The first-order valence-corrected chi connectivity index (χ1v) is 10.2. The highest BCUT2D eigenvalue weighted by molar-refractivity contribution is 9.10. The van der Waals surface area contributed by atoms with E-state index >= 15 is 0 Å². The maximum absolute atomic E-state index is 11.1. The monoisotopic (exact) mass is 445 g/mol. The highest BCUT2D eigenvalue weighted by atomic mass is 79.9. The zero-order valence-corrected chi connectivity index (χ0v) is 17.4. The van der Waals surface area contributed by atoms with Gasteiger partial charge in [-0.1, -0.05) is 39.7 Å². The van der Waals surface area contributed by atoms with E-state index in [0.29, 0.717) is 10.5 Å². The number of fused-ring (bicyclic) bond motifs is 1. The van der Waals surface area contributed by atoms with Crippen molar-refractivity contribution in [2.45, 2.75) is 6.04 Å². The predicted octanol–water partition coefficient (Wildman–Crippen LogP) is 4.69. The van der Waals surface area contributed by atoms with Gasteiger partial charge in [0.1, 0.15) is 11.3 Å². The molecule has 1 N–H and O–H groups in total. The van der Waals surface area contributed by atoms with Crippen LogP contribution in [0.4, 0.5) is 0 Å². The summed E-state index contributed by atoms with van der Waals surface area (Å²) in [5.41, 5.74) is 2.48. The Morgan fingerprint density at radius 1 is 1.11 bits per heavy atom. The first-order chi connectivity index (χ1) is 13.0. The zero-order valence-electron chi connectivity index (χ0n) is 15.1. The zero-order chi connectivity index (χ0) is 19.0. The Morgan fingerprint density at radius 2 is 1.81 bits per heavy atom. The molecule has 0 saturated carbocycles. The molecule has 2 aromatic carbocycles. The normalized spacial score (nSPS) is 17.3. The first kappa shape index (κ1) is 18.7. The van der Waals surface area contributed by atoms with Gasteiger partial charge in [0.2, 0.25) is 0 Å². The summed E-state index contributed by atoms with van der Waals surface area (Å²) >= 11 is 10.1. The Labute approximate surface area is 172 Å². The van der Waals surface area contributed by atoms with Crippen molar-refractivity contribution < 1.29 is 5.11 Å². The number of likely N-dealkylation sites (N-methyl/N-ethyl adjacent to an activating group) is 1. The molecule has 3 aromatic rings. The molecule has 4 nitrogen and oxygen atoms in total. The van der Waals surface area contributed by atoms with Gasteiger partial charge in [-0.05, 0) is 42.9 Å². The van der Waals surface area contributed by atoms with E-state index in [2.05, 4.69) is 49.9 Å². The molecular weight excluding hydrogens is 426 g/mol. The number of nitrogens with zero attached hydrogens (tertiary/aromatic N) is 3. The molecule has 1 aliphatic heterocycles. The molecule has 140 valence electrons. The molecule has 2 heterocycles. The molecule has 6 heteroatoms. The number of piperazine rings is 1. The van der Waals surface area contributed by atoms with Gasteiger partial charge in [0.05, 0.1) is 11.1 Å². The average Bonchev–Trinajstić information content (AvgIpc) is 2.69. The van der Waals surface area contributed by atoms with E-state index in [9.17, 15) is 5.11 Å². The van der Waals surface area contributed by atoms with Crippen LogP contribution < -0.4 is 0 Å². The number of phenolic OH excluding ortho intramolecular Hbond substituents is 1. The number of hydrogen-bond acceptors (Lipinski definition) is 4. The van der Waals surface area contributed by atoms with Crippen molar-refractivity contribution in [1.82, 2.24) is 14.8 Å². The largest absolute Gasteiger partial charge is 0.505 e. The summed E-state index contributed by atoms with van der Waals surface area (Å²) in [6.45, 7) is 3.84. The molecular formula is C21H21BrClN3O. The van der Waals surface area contributed by atoms with Gasteiger partial charge in [-0.15, -0.1) is 0 Å². The molecule has 0 unspecified atom stereocenters. The topological polar surface area (TPSA) is 39.6 Å². The molecule has 4 rings (SSSR count). The summed E-state index contributed by atoms with van der Waals surface area (Å²) in [5.74, 6) is 0.210. The van der Waals surface area contributed by atoms with E-state index in [4.69, 9.17) is 11.6 Å². The molecule has 27 heavy (non-hydrogen) atoms. The maximum atomic E-state index is 11.1. The van der Waals surface area contributed by atoms with Crippen molar-refractivity contribution in [3.05, 3.63) is 69.3 Å². The van der Waals surface area contributed by atoms with E-state index in [1.54, 1.807) is 6.20 Å². The lowest BCUT2D eigenvalue weighted by atomic mass is 9.94. The SMILES string of the molecule is CN1CCN([C@H](c2ccc(Br)cc2)c2cc(Cl)c3cccnc3c2O)CC1. The van der Waals surface area contributed by atoms with Crippen LogP contribution in [0.15, 0.2) is 53.1 Å². The van der Waals surface area contributed by atoms with Crippen LogP contribution in [0.5, 0.6) is 5.75 Å². The van der Waals surface area contributed by atoms with Crippen LogP contribution in [0.2, 0.25) is 5.02 Å². The fourth-order valence-electron chi connectivity index (χ4n) is 3.73. The average molecular weight is 447 g/mol. The van der Waals surface area contributed by atoms with E-state index in [0.717, 1.165) is 47.2 Å². The molecule has 0 bridgehead atoms. The minimum Gasteiger partial charge on any atom is -0.505 e. The molecule has 0 radical (unpaired) electrons. The van der Waals surface area contributed by atoms with Gasteiger partial charge in [0.15, 0.2) is 0 Å². The third-order valence-corrected chi connectivity index (χ3v) is 6.07. The molecule has 1 saturated heterocycles. The third-order valence-electron chi connectivity index (χ3n) is 5.23. The van der Waals surface area contributed by atoms with Gasteiger partial charge >= 0.3 is 0 Å². The molecule has 1 aromatic heterocycles. The van der Waals surface area contributed by atoms with E-state index in [1.807, 2.05) is 30.3 Å². The van der Waals surface area contributed by atoms with Crippen LogP contribution in [0, 0.1) is 0 Å². The second-order valence-corrected chi connectivity index (χ2v) is 8.31. The molecule has 0 amide bonds. The molecule has 1 aliphatic rings. The first-order valence-electron chi connectivity index (χ1n) is 8.99. The summed E-state index contributed by atoms with van der Waals surface area (Å²) in [4.78, 5) is 9.11. The van der Waals surface area contributed by atoms with Gasteiger partial charge in [-0.25, -0.2) is 0 Å². The number of aromatic nitrogens is 1. The summed E-state index contributed by atoms with van der Waals surface area (Å²) in [5, 5.41) is 12.5. The number of halogens is 2. The Morgan fingerprint density at radius 3 is 2.52 bits per heavy atom. The van der Waals surface area contributed by atoms with Crippen molar-refractivity contribution >= 4 is 38.4 Å². The predicted molar refractivity (Wildman–Crippen MR) is 113 cm³/mol. The fraction of sp³-hybridized carbons (Fsp3) is 0.286. The van der Waals surface area contributed by atoms with Crippen LogP contribution in [-0.2, 0) is 0 Å². The fourth-order valence-corrected chi connectivity index (χ4v) is 4.26. The lowest BCUT2D eigenvalue weighted by molar-refractivity contribution is 0.126. The number of pyridine rings is 1. The quantitative estimate of drug-likeness (QED) is 0.633. The minimum absolute atomic E-state index is 0.0734. The van der Waals surface area contributed by atoms with Crippen LogP contribution in [-0.4, -0.2) is 53.1 Å². The van der Waals surface area contributed by atoms with Gasteiger partial charge in [-0.2, -0.15) is 0 Å². The Bertz CT molecular complexity index is 956. The molecule has 0 aliphatic carbocycles. The highest BCUT2D eigenvalue weighted by Crippen LogP contribution is 2.41. The Hall–Kier alpha value is -1.66. The van der Waals surface area contributed by atoms with E-state index in [1.165, 1.54) is 0 Å². The van der Waals surface area contributed by atoms with Crippen LogP contribution >= 0.6 is 27.5 Å². The van der Waals surface area contributed by atoms with Gasteiger partial charge in [0, 0.05) is 47.8 Å². The van der Waals surface area contributed by atoms with Gasteiger partial charge < -0.3 is 10.0 Å². The number of hydrogen-bond donors (Lipinski definition) is 1. The summed E-state index contributed by atoms with van der Waals surface area (Å²) < 4.78 is 1.03. The van der Waals surface area contributed by atoms with E-state index < -0.39 is 0 Å². The Kier molecular flexibility index (Phi) is 5.37. The number of phenols is 1. The van der Waals surface area contributed by atoms with E-state index in [-0.39, 0.29) is 11.8 Å². The molecule has 0 spiro atoms. The summed E-state index contributed by atoms with van der Waals surface area (Å²) in [6, 6.07) is 13.8. The lowest BCUT2D eigenvalue weighted by Gasteiger charge is -2.38. The second kappa shape index (κ2) is 7.76. The molecule has 1 atom stereocenters. The van der Waals surface area contributed by atoms with Crippen LogP contribution in [0.25, 0.3) is 10.9 Å². The summed E-state index contributed by atoms with van der Waals surface area (Å²) in [6.07, 6.45) is 1.69. The number of aromatic hydroxyl groups is 1. The minimum atomic E-state index is -0.0734. The van der Waals surface area contributed by atoms with Crippen molar-refractivity contribution in [1.29, 1.82) is 0 Å². The third kappa shape index (κ3) is 3.69. The summed E-state index contributed by atoms with van der Waals surface area (Å²) in [7, 11) is 2.14. The van der Waals surface area contributed by atoms with Crippen molar-refractivity contribution in [3.63, 3.8) is 0 Å². The maximum Gasteiger partial charge on any atom is 0.147 e. The lowest BCUT2D eigenvalue weighted by Crippen LogP contribution is -2.46. The van der Waals surface area contributed by atoms with Crippen molar-refractivity contribution in [2.75, 3.05) is 33.2 Å². The second-order valence-electron chi connectivity index (χ2n) is 6.99. The van der Waals surface area contributed by atoms with Crippen molar-refractivity contribution in [3.8, 4) is 5.75 Å². The van der Waals surface area contributed by atoms with Gasteiger partial charge in [-0.3, -0.25) is 9.88 Å². The molecule has 1 fully saturated rings. The van der Waals surface area contributed by atoms with Crippen LogP contribution in [0.1, 0.15) is 17.2 Å². The number of rotatable bonds is 3. The highest BCUT2D eigenvalue weighted by Gasteiger charge is 2.29. The van der Waals surface area contributed by atoms with Gasteiger partial charge in [0.25, 0.3) is 0 Å². The number of benzene rings is 2. The van der Waals surface area contributed by atoms with Crippen molar-refractivity contribution in [2.24, 2.45) is 0 Å².